The first-order chi connectivity index (χ1) is 28.7. The Morgan fingerprint density at radius 1 is 0.900 bits per heavy atom. The van der Waals surface area contributed by atoms with E-state index in [1.807, 2.05) is 13.8 Å². The SMILES string of the molecule is CC[C@H](C)C(=O)N1CCCNC(=O)C[C@H](c2ccc(O[C@@H]3O[C@@H](C)[C@H](O)[C@@H](O)[C@H]3O[C@@H]3O[C@H](COC(=O)c4ccccc4)[C@@H](O)[C@H](O)[C@H]3O)cc2)NCC[C@H](OC(C)=O)C1. The summed E-state index contributed by atoms with van der Waals surface area (Å²) >= 11 is 0. The van der Waals surface area contributed by atoms with Crippen LogP contribution in [-0.2, 0) is 38.1 Å². The standard InChI is InChI=1S/C42H59N3O15/c1-5-23(2)39(53)45-19-9-17-44-32(47)20-30(43-18-16-29(21-45)57-25(4)46)26-12-14-28(15-13-26)58-42-38(36(51)33(48)24(3)56-42)60-41-37(52)35(50)34(49)31(59-41)22-55-40(54)27-10-7-6-8-11-27/h6-8,10-15,23-24,29-31,33-38,41-43,48-52H,5,9,16-22H2,1-4H3,(H,44,47)/t23-,24-,29-,30+,31+,33-,34+,35-,36+,37+,38+,41-,42-/m0/s1. The van der Waals surface area contributed by atoms with E-state index < -0.39 is 92.1 Å². The van der Waals surface area contributed by atoms with Gasteiger partial charge in [-0.3, -0.25) is 14.4 Å². The normalized spacial score (nSPS) is 32.5. The minimum absolute atomic E-state index is 0.0353. The van der Waals surface area contributed by atoms with Crippen LogP contribution in [0.5, 0.6) is 5.75 Å². The summed E-state index contributed by atoms with van der Waals surface area (Å²) in [7, 11) is 0. The lowest BCUT2D eigenvalue weighted by Gasteiger charge is -2.45. The molecule has 0 bridgehead atoms. The molecule has 13 atom stereocenters. The first-order valence-electron chi connectivity index (χ1n) is 20.5. The molecule has 0 radical (unpaired) electrons. The van der Waals surface area contributed by atoms with E-state index in [1.165, 1.54) is 26.0 Å². The smallest absolute Gasteiger partial charge is 0.338 e. The number of hydrogen-bond acceptors (Lipinski definition) is 16. The van der Waals surface area contributed by atoms with Gasteiger partial charge in [-0.1, -0.05) is 44.2 Å². The number of hydrogen-bond donors (Lipinski definition) is 7. The third-order valence-corrected chi connectivity index (χ3v) is 10.9. The van der Waals surface area contributed by atoms with Crippen LogP contribution in [-0.4, -0.2) is 154 Å². The summed E-state index contributed by atoms with van der Waals surface area (Å²) in [6.07, 6.45) is -14.2. The quantitative estimate of drug-likeness (QED) is 0.151. The van der Waals surface area contributed by atoms with E-state index in [2.05, 4.69) is 10.6 Å². The fraction of sp³-hybridized carbons (Fsp3) is 0.619. The van der Waals surface area contributed by atoms with Crippen molar-refractivity contribution < 1.29 is 73.1 Å². The maximum Gasteiger partial charge on any atom is 0.338 e. The molecule has 0 saturated carbocycles. The van der Waals surface area contributed by atoms with Gasteiger partial charge in [0.1, 0.15) is 55.1 Å². The van der Waals surface area contributed by atoms with Crippen molar-refractivity contribution >= 4 is 23.8 Å². The fourth-order valence-electron chi connectivity index (χ4n) is 7.22. The zero-order valence-electron chi connectivity index (χ0n) is 34.3. The van der Waals surface area contributed by atoms with E-state index in [0.717, 1.165) is 5.56 Å². The van der Waals surface area contributed by atoms with Gasteiger partial charge in [0.2, 0.25) is 18.1 Å². The Morgan fingerprint density at radius 3 is 2.30 bits per heavy atom. The molecule has 0 aromatic heterocycles. The molecule has 7 N–H and O–H groups in total. The second-order valence-corrected chi connectivity index (χ2v) is 15.5. The molecule has 3 aliphatic rings. The number of nitrogens with one attached hydrogen (secondary N) is 2. The Kier molecular flexibility index (Phi) is 17.2. The number of benzene rings is 2. The van der Waals surface area contributed by atoms with Crippen molar-refractivity contribution in [3.8, 4) is 5.75 Å². The molecular weight excluding hydrogens is 786 g/mol. The Bertz CT molecular complexity index is 1700. The number of carbonyl (C=O) groups is 4. The molecule has 18 nitrogen and oxygen atoms in total. The summed E-state index contributed by atoms with van der Waals surface area (Å²) in [5.41, 5.74) is 0.961. The molecule has 2 amide bonds. The van der Waals surface area contributed by atoms with Crippen molar-refractivity contribution in [1.29, 1.82) is 0 Å². The van der Waals surface area contributed by atoms with Crippen LogP contribution in [0.2, 0.25) is 0 Å². The summed E-state index contributed by atoms with van der Waals surface area (Å²) < 4.78 is 34.6. The first kappa shape index (κ1) is 46.8. The predicted molar refractivity (Wildman–Crippen MR) is 211 cm³/mol. The second kappa shape index (κ2) is 22.0. The molecule has 60 heavy (non-hydrogen) atoms. The summed E-state index contributed by atoms with van der Waals surface area (Å²) in [6.45, 7) is 7.45. The number of aliphatic hydroxyl groups excluding tert-OH is 5. The molecule has 0 aliphatic carbocycles. The number of amides is 2. The first-order valence-corrected chi connectivity index (χ1v) is 20.5. The average molecular weight is 846 g/mol. The summed E-state index contributed by atoms with van der Waals surface area (Å²) in [6, 6.07) is 14.3. The summed E-state index contributed by atoms with van der Waals surface area (Å²) in [5.74, 6) is -1.37. The van der Waals surface area contributed by atoms with Gasteiger partial charge in [0.25, 0.3) is 0 Å². The number of carbonyl (C=O) groups excluding carboxylic acids is 4. The molecule has 2 aromatic carbocycles. The Balaban J connectivity index is 1.27. The predicted octanol–water partition coefficient (Wildman–Crippen LogP) is 0.319. The van der Waals surface area contributed by atoms with Crippen LogP contribution in [0, 0.1) is 5.92 Å². The Morgan fingerprint density at radius 2 is 1.62 bits per heavy atom. The monoisotopic (exact) mass is 845 g/mol. The number of ether oxygens (including phenoxy) is 6. The number of aliphatic hydroxyl groups is 5. The molecule has 332 valence electrons. The fourth-order valence-corrected chi connectivity index (χ4v) is 7.22. The lowest BCUT2D eigenvalue weighted by atomic mass is 9.97. The van der Waals surface area contributed by atoms with Crippen LogP contribution in [0.25, 0.3) is 0 Å². The molecule has 2 aromatic rings. The second-order valence-electron chi connectivity index (χ2n) is 15.5. The van der Waals surface area contributed by atoms with Crippen molar-refractivity contribution in [3.63, 3.8) is 0 Å². The minimum Gasteiger partial charge on any atom is -0.462 e. The van der Waals surface area contributed by atoms with Crippen molar-refractivity contribution in [1.82, 2.24) is 15.5 Å². The summed E-state index contributed by atoms with van der Waals surface area (Å²) in [5, 5.41) is 60.3. The summed E-state index contributed by atoms with van der Waals surface area (Å²) in [4.78, 5) is 52.5. The van der Waals surface area contributed by atoms with Gasteiger partial charge in [-0.2, -0.15) is 0 Å². The van der Waals surface area contributed by atoms with Gasteiger partial charge in [0.15, 0.2) is 12.4 Å². The zero-order chi connectivity index (χ0) is 43.5. The van der Waals surface area contributed by atoms with E-state index in [0.29, 0.717) is 38.9 Å². The van der Waals surface area contributed by atoms with Gasteiger partial charge >= 0.3 is 11.9 Å². The van der Waals surface area contributed by atoms with Crippen LogP contribution in [0.15, 0.2) is 54.6 Å². The van der Waals surface area contributed by atoms with Gasteiger partial charge in [-0.05, 0) is 62.6 Å². The maximum absolute atomic E-state index is 13.2. The van der Waals surface area contributed by atoms with Crippen molar-refractivity contribution in [3.05, 3.63) is 65.7 Å². The lowest BCUT2D eigenvalue weighted by molar-refractivity contribution is -0.355. The molecule has 0 unspecified atom stereocenters. The Hall–Kier alpha value is -4.24. The molecule has 3 saturated heterocycles. The van der Waals surface area contributed by atoms with Gasteiger partial charge in [-0.25, -0.2) is 4.79 Å². The topological polar surface area (TPSA) is 252 Å². The van der Waals surface area contributed by atoms with E-state index in [1.54, 1.807) is 47.4 Å². The highest BCUT2D eigenvalue weighted by Crippen LogP contribution is 2.31. The lowest BCUT2D eigenvalue weighted by Crippen LogP contribution is -2.64. The van der Waals surface area contributed by atoms with Crippen LogP contribution >= 0.6 is 0 Å². The van der Waals surface area contributed by atoms with Crippen LogP contribution in [0.1, 0.15) is 75.3 Å². The molecule has 3 aliphatic heterocycles. The van der Waals surface area contributed by atoms with Crippen LogP contribution in [0.4, 0.5) is 0 Å². The molecule has 18 heteroatoms. The number of rotatable bonds is 11. The van der Waals surface area contributed by atoms with Crippen molar-refractivity contribution in [2.75, 3.05) is 32.8 Å². The van der Waals surface area contributed by atoms with Gasteiger partial charge in [-0.15, -0.1) is 0 Å². The molecular formula is C42H59N3O15. The molecule has 3 fully saturated rings. The molecule has 5 rings (SSSR count). The van der Waals surface area contributed by atoms with E-state index in [4.69, 9.17) is 28.4 Å². The van der Waals surface area contributed by atoms with E-state index in [9.17, 15) is 44.7 Å². The largest absolute Gasteiger partial charge is 0.462 e. The van der Waals surface area contributed by atoms with Gasteiger partial charge in [0, 0.05) is 38.4 Å². The maximum atomic E-state index is 13.2. The van der Waals surface area contributed by atoms with Crippen LogP contribution in [0.3, 0.4) is 0 Å². The van der Waals surface area contributed by atoms with Crippen molar-refractivity contribution in [2.24, 2.45) is 5.92 Å². The molecule has 0 spiro atoms. The molecule has 3 heterocycles. The Labute approximate surface area is 349 Å². The third-order valence-electron chi connectivity index (χ3n) is 10.9. The van der Waals surface area contributed by atoms with Gasteiger partial charge < -0.3 is 69.5 Å². The number of nitrogens with zero attached hydrogens (tertiary/aromatic N) is 1. The minimum atomic E-state index is -1.83. The van der Waals surface area contributed by atoms with E-state index in [-0.39, 0.29) is 42.0 Å². The highest BCUT2D eigenvalue weighted by molar-refractivity contribution is 5.89. The highest BCUT2D eigenvalue weighted by Gasteiger charge is 2.51. The zero-order valence-corrected chi connectivity index (χ0v) is 34.3. The van der Waals surface area contributed by atoms with E-state index >= 15 is 0 Å². The van der Waals surface area contributed by atoms with Crippen molar-refractivity contribution in [2.45, 2.75) is 127 Å². The third kappa shape index (κ3) is 12.4. The van der Waals surface area contributed by atoms with Gasteiger partial charge in [0.05, 0.1) is 18.2 Å². The number of esters is 2. The van der Waals surface area contributed by atoms with Crippen LogP contribution < -0.4 is 15.4 Å². The average Bonchev–Trinajstić information content (AvgIpc) is 3.25. The highest BCUT2D eigenvalue weighted by atomic mass is 16.8.